The Hall–Kier alpha value is -3.79. The van der Waals surface area contributed by atoms with Gasteiger partial charge in [0.15, 0.2) is 0 Å². The first-order chi connectivity index (χ1) is 16.2. The summed E-state index contributed by atoms with van der Waals surface area (Å²) in [5.41, 5.74) is 2.99. The van der Waals surface area contributed by atoms with Gasteiger partial charge in [0.2, 0.25) is 5.91 Å². The van der Waals surface area contributed by atoms with E-state index in [1.807, 2.05) is 0 Å². The lowest BCUT2D eigenvalue weighted by molar-refractivity contribution is -0.116. The van der Waals surface area contributed by atoms with Gasteiger partial charge in [0.1, 0.15) is 5.82 Å². The van der Waals surface area contributed by atoms with Crippen LogP contribution in [-0.2, 0) is 21.2 Å². The second kappa shape index (κ2) is 8.21. The number of para-hydroxylation sites is 2. The smallest absolute Gasteiger partial charge is 0.312 e. The van der Waals surface area contributed by atoms with Crippen LogP contribution in [0.4, 0.5) is 20.2 Å². The van der Waals surface area contributed by atoms with Crippen molar-refractivity contribution in [2.75, 3.05) is 16.2 Å². The van der Waals surface area contributed by atoms with Crippen molar-refractivity contribution in [2.24, 2.45) is 0 Å². The van der Waals surface area contributed by atoms with Gasteiger partial charge in [-0.1, -0.05) is 12.1 Å². The minimum Gasteiger partial charge on any atom is -0.312 e. The van der Waals surface area contributed by atoms with Gasteiger partial charge in [-0.25, -0.2) is 13.4 Å². The maximum atomic E-state index is 13.7. The van der Waals surface area contributed by atoms with E-state index in [2.05, 4.69) is 9.71 Å². The third kappa shape index (κ3) is 3.79. The minimum absolute atomic E-state index is 0.0835. The summed E-state index contributed by atoms with van der Waals surface area (Å²) in [4.78, 5) is 17.7. The average Bonchev–Trinajstić information content (AvgIpc) is 3.40. The molecule has 0 fully saturated rings. The molecule has 10 heteroatoms. The molecule has 0 saturated carbocycles. The number of carbonyl (C=O) groups is 1. The number of benzene rings is 3. The lowest BCUT2D eigenvalue weighted by atomic mass is 10.2. The summed E-state index contributed by atoms with van der Waals surface area (Å²) in [6.07, 6.45) is 0.581. The standard InChI is InChI=1S/C24H20F2N4O3S/c1-15(31)29-13-12-17-14-19(10-11-21(17)29)34(32,33)28-18-8-6-16(7-9-18)23-27-20-4-2-3-5-22(20)30(23)24(25)26/h2-11,14,24,28H,12-13H2,1H3. The predicted octanol–water partition coefficient (Wildman–Crippen LogP) is 4.81. The van der Waals surface area contributed by atoms with E-state index in [-0.39, 0.29) is 22.3 Å². The Morgan fingerprint density at radius 2 is 1.79 bits per heavy atom. The highest BCUT2D eigenvalue weighted by Gasteiger charge is 2.25. The van der Waals surface area contributed by atoms with E-state index in [1.54, 1.807) is 53.4 Å². The molecule has 0 bridgehead atoms. The van der Waals surface area contributed by atoms with Crippen LogP contribution in [0.5, 0.6) is 0 Å². The van der Waals surface area contributed by atoms with Crippen molar-refractivity contribution in [3.63, 3.8) is 0 Å². The first-order valence-electron chi connectivity index (χ1n) is 10.5. The molecule has 4 aromatic rings. The van der Waals surface area contributed by atoms with Crippen molar-refractivity contribution < 1.29 is 22.0 Å². The van der Waals surface area contributed by atoms with E-state index in [4.69, 9.17) is 0 Å². The number of amides is 1. The maximum Gasteiger partial charge on any atom is 0.320 e. The molecule has 34 heavy (non-hydrogen) atoms. The number of anilines is 2. The van der Waals surface area contributed by atoms with Crippen LogP contribution >= 0.6 is 0 Å². The van der Waals surface area contributed by atoms with Crippen LogP contribution in [0.2, 0.25) is 0 Å². The molecular weight excluding hydrogens is 462 g/mol. The zero-order valence-corrected chi connectivity index (χ0v) is 18.9. The monoisotopic (exact) mass is 482 g/mol. The number of nitrogens with zero attached hydrogens (tertiary/aromatic N) is 3. The third-order valence-electron chi connectivity index (χ3n) is 5.82. The summed E-state index contributed by atoms with van der Waals surface area (Å²) < 4.78 is 56.7. The zero-order chi connectivity index (χ0) is 24.0. The van der Waals surface area contributed by atoms with E-state index >= 15 is 0 Å². The quantitative estimate of drug-likeness (QED) is 0.443. The Morgan fingerprint density at radius 1 is 1.06 bits per heavy atom. The van der Waals surface area contributed by atoms with E-state index < -0.39 is 16.6 Å². The molecule has 0 atom stereocenters. The predicted molar refractivity (Wildman–Crippen MR) is 125 cm³/mol. The van der Waals surface area contributed by atoms with Crippen molar-refractivity contribution in [2.45, 2.75) is 24.8 Å². The zero-order valence-electron chi connectivity index (χ0n) is 18.1. The molecule has 174 valence electrons. The van der Waals surface area contributed by atoms with Crippen LogP contribution < -0.4 is 9.62 Å². The van der Waals surface area contributed by atoms with Crippen molar-refractivity contribution in [1.29, 1.82) is 0 Å². The largest absolute Gasteiger partial charge is 0.320 e. The lowest BCUT2D eigenvalue weighted by Crippen LogP contribution is -2.25. The topological polar surface area (TPSA) is 84.3 Å². The van der Waals surface area contributed by atoms with Gasteiger partial charge in [-0.05, 0) is 66.6 Å². The molecule has 0 spiro atoms. The third-order valence-corrected chi connectivity index (χ3v) is 7.20. The molecular formula is C24H20F2N4O3S. The van der Waals surface area contributed by atoms with Gasteiger partial charge in [0.05, 0.1) is 15.9 Å². The van der Waals surface area contributed by atoms with Crippen LogP contribution in [0.3, 0.4) is 0 Å². The number of sulfonamides is 1. The van der Waals surface area contributed by atoms with E-state index in [0.29, 0.717) is 29.6 Å². The SMILES string of the molecule is CC(=O)N1CCc2cc(S(=O)(=O)Nc3ccc(-c4nc5ccccc5n4C(F)F)cc3)ccc21. The highest BCUT2D eigenvalue weighted by atomic mass is 32.2. The van der Waals surface area contributed by atoms with Gasteiger partial charge < -0.3 is 4.90 Å². The molecule has 0 saturated heterocycles. The molecule has 1 aliphatic rings. The molecule has 1 amide bonds. The summed E-state index contributed by atoms with van der Waals surface area (Å²) in [7, 11) is -3.89. The fraction of sp³-hybridized carbons (Fsp3) is 0.167. The van der Waals surface area contributed by atoms with Gasteiger partial charge in [0, 0.05) is 30.4 Å². The number of fused-ring (bicyclic) bond motifs is 2. The summed E-state index contributed by atoms with van der Waals surface area (Å²) in [6, 6.07) is 17.4. The number of alkyl halides is 2. The number of halogens is 2. The minimum atomic E-state index is -3.89. The van der Waals surface area contributed by atoms with E-state index in [9.17, 15) is 22.0 Å². The normalized spacial score (nSPS) is 13.5. The number of hydrogen-bond acceptors (Lipinski definition) is 4. The molecule has 2 heterocycles. The Balaban J connectivity index is 1.42. The Labute approximate surface area is 194 Å². The summed E-state index contributed by atoms with van der Waals surface area (Å²) in [5, 5.41) is 0. The molecule has 7 nitrogen and oxygen atoms in total. The average molecular weight is 483 g/mol. The van der Waals surface area contributed by atoms with Gasteiger partial charge in [-0.15, -0.1) is 0 Å². The van der Waals surface area contributed by atoms with Crippen LogP contribution in [-0.4, -0.2) is 30.4 Å². The Bertz CT molecular complexity index is 1520. The van der Waals surface area contributed by atoms with Crippen molar-refractivity contribution in [3.8, 4) is 11.4 Å². The molecule has 1 aliphatic heterocycles. The number of imidazole rings is 1. The fourth-order valence-electron chi connectivity index (χ4n) is 4.22. The molecule has 5 rings (SSSR count). The van der Waals surface area contributed by atoms with Crippen molar-refractivity contribution in [1.82, 2.24) is 9.55 Å². The summed E-state index contributed by atoms with van der Waals surface area (Å²) in [6.45, 7) is -0.785. The fourth-order valence-corrected chi connectivity index (χ4v) is 5.33. The first-order valence-corrected chi connectivity index (χ1v) is 12.0. The van der Waals surface area contributed by atoms with Crippen LogP contribution in [0, 0.1) is 0 Å². The lowest BCUT2D eigenvalue weighted by Gasteiger charge is -2.15. The first kappa shape index (κ1) is 22.0. The second-order valence-electron chi connectivity index (χ2n) is 7.97. The van der Waals surface area contributed by atoms with Gasteiger partial charge in [-0.2, -0.15) is 8.78 Å². The van der Waals surface area contributed by atoms with Crippen LogP contribution in [0.15, 0.2) is 71.6 Å². The molecule has 1 N–H and O–H groups in total. The highest BCUT2D eigenvalue weighted by Crippen LogP contribution is 2.32. The van der Waals surface area contributed by atoms with E-state index in [0.717, 1.165) is 15.8 Å². The number of carbonyl (C=O) groups excluding carboxylic acids is 1. The molecule has 0 unspecified atom stereocenters. The number of rotatable bonds is 5. The molecule has 0 radical (unpaired) electrons. The number of aromatic nitrogens is 2. The number of hydrogen-bond donors (Lipinski definition) is 1. The highest BCUT2D eigenvalue weighted by molar-refractivity contribution is 7.92. The van der Waals surface area contributed by atoms with Gasteiger partial charge in [-0.3, -0.25) is 14.1 Å². The van der Waals surface area contributed by atoms with Gasteiger partial charge >= 0.3 is 6.55 Å². The summed E-state index contributed by atoms with van der Waals surface area (Å²) >= 11 is 0. The van der Waals surface area contributed by atoms with Crippen molar-refractivity contribution in [3.05, 3.63) is 72.3 Å². The maximum absolute atomic E-state index is 13.7. The molecule has 0 aliphatic carbocycles. The second-order valence-corrected chi connectivity index (χ2v) is 9.65. The molecule has 3 aromatic carbocycles. The Morgan fingerprint density at radius 3 is 2.50 bits per heavy atom. The van der Waals surface area contributed by atoms with E-state index in [1.165, 1.54) is 25.1 Å². The molecule has 1 aromatic heterocycles. The van der Waals surface area contributed by atoms with Crippen LogP contribution in [0.25, 0.3) is 22.4 Å². The summed E-state index contributed by atoms with van der Waals surface area (Å²) in [5.74, 6) is 0.00666. The Kier molecular flexibility index (Phi) is 5.32. The van der Waals surface area contributed by atoms with Gasteiger partial charge in [0.25, 0.3) is 10.0 Å². The van der Waals surface area contributed by atoms with Crippen LogP contribution in [0.1, 0.15) is 19.0 Å². The van der Waals surface area contributed by atoms with Crippen molar-refractivity contribution >= 4 is 38.3 Å². The number of nitrogens with one attached hydrogen (secondary N) is 1.